The van der Waals surface area contributed by atoms with Gasteiger partial charge in [0.2, 0.25) is 0 Å². The molecule has 1 aliphatic rings. The lowest BCUT2D eigenvalue weighted by Crippen LogP contribution is -2.18. The highest BCUT2D eigenvalue weighted by molar-refractivity contribution is 6.31. The first kappa shape index (κ1) is 13.0. The molecule has 0 atom stereocenters. The predicted octanol–water partition coefficient (Wildman–Crippen LogP) is 2.45. The van der Waals surface area contributed by atoms with E-state index in [0.29, 0.717) is 30.3 Å². The van der Waals surface area contributed by atoms with Gasteiger partial charge in [0.1, 0.15) is 0 Å². The van der Waals surface area contributed by atoms with Crippen LogP contribution in [0.25, 0.3) is 0 Å². The molecular weight excluding hydrogens is 247 g/mol. The van der Waals surface area contributed by atoms with E-state index in [1.54, 1.807) is 18.2 Å². The third kappa shape index (κ3) is 2.96. The van der Waals surface area contributed by atoms with Crippen LogP contribution in [0.2, 0.25) is 5.02 Å². The Morgan fingerprint density at radius 3 is 2.81 bits per heavy atom. The summed E-state index contributed by atoms with van der Waals surface area (Å²) in [5.41, 5.74) is 2.28. The molecule has 0 spiro atoms. The maximum atomic E-state index is 8.81. The highest BCUT2D eigenvalue weighted by atomic mass is 35.5. The Hall–Kier alpha value is -1.08. The molecule has 1 aromatic carbocycles. The minimum Gasteiger partial charge on any atom is -0.373 e. The molecule has 0 aliphatic carbocycles. The molecule has 0 bridgehead atoms. The van der Waals surface area contributed by atoms with Crippen molar-refractivity contribution in [2.75, 3.05) is 19.8 Å². The van der Waals surface area contributed by atoms with Crippen molar-refractivity contribution in [2.24, 2.45) is 4.99 Å². The molecule has 3 nitrogen and oxygen atoms in total. The quantitative estimate of drug-likeness (QED) is 0.775. The average Bonchev–Trinajstić information content (AvgIpc) is 2.29. The fraction of sp³-hybridized carbons (Fsp3) is 0.273. The standard InChI is InChI=1S/C11H9ClN2O.ClH/c12-10-4-8(6-13)3-9(5-10)11-7-15-2-1-14-11;/h3-5H,1-2,7H2;1H. The van der Waals surface area contributed by atoms with Gasteiger partial charge in [-0.3, -0.25) is 4.99 Å². The van der Waals surface area contributed by atoms with E-state index in [9.17, 15) is 0 Å². The van der Waals surface area contributed by atoms with E-state index in [4.69, 9.17) is 21.6 Å². The molecule has 84 valence electrons. The van der Waals surface area contributed by atoms with E-state index < -0.39 is 0 Å². The number of hydrogen-bond acceptors (Lipinski definition) is 3. The molecule has 0 amide bonds. The summed E-state index contributed by atoms with van der Waals surface area (Å²) in [5.74, 6) is 0. The van der Waals surface area contributed by atoms with Gasteiger partial charge in [-0.05, 0) is 18.2 Å². The molecule has 0 aromatic heterocycles. The lowest BCUT2D eigenvalue weighted by molar-refractivity contribution is 0.171. The molecule has 0 unspecified atom stereocenters. The summed E-state index contributed by atoms with van der Waals surface area (Å²) >= 11 is 5.90. The maximum absolute atomic E-state index is 8.81. The molecule has 5 heteroatoms. The number of nitriles is 1. The Balaban J connectivity index is 0.00000128. The number of hydrogen-bond donors (Lipinski definition) is 0. The van der Waals surface area contributed by atoms with Gasteiger partial charge in [-0.1, -0.05) is 11.6 Å². The lowest BCUT2D eigenvalue weighted by atomic mass is 10.1. The Morgan fingerprint density at radius 1 is 1.38 bits per heavy atom. The monoisotopic (exact) mass is 256 g/mol. The van der Waals surface area contributed by atoms with Crippen LogP contribution in [0, 0.1) is 11.3 Å². The van der Waals surface area contributed by atoms with Crippen molar-refractivity contribution in [3.8, 4) is 6.07 Å². The first-order chi connectivity index (χ1) is 7.29. The van der Waals surface area contributed by atoms with Gasteiger partial charge in [0.25, 0.3) is 0 Å². The number of rotatable bonds is 1. The van der Waals surface area contributed by atoms with Crippen molar-refractivity contribution in [2.45, 2.75) is 0 Å². The largest absolute Gasteiger partial charge is 0.373 e. The van der Waals surface area contributed by atoms with E-state index in [2.05, 4.69) is 11.1 Å². The topological polar surface area (TPSA) is 45.4 Å². The molecule has 2 rings (SSSR count). The Bertz CT molecular complexity index is 452. The fourth-order valence-electron chi connectivity index (χ4n) is 1.46. The van der Waals surface area contributed by atoms with Gasteiger partial charge in [-0.2, -0.15) is 5.26 Å². The number of ether oxygens (including phenoxy) is 1. The van der Waals surface area contributed by atoms with Crippen molar-refractivity contribution in [1.29, 1.82) is 5.26 Å². The summed E-state index contributed by atoms with van der Waals surface area (Å²) in [7, 11) is 0. The molecular formula is C11H10Cl2N2O. The number of halogens is 2. The van der Waals surface area contributed by atoms with E-state index in [1.165, 1.54) is 0 Å². The maximum Gasteiger partial charge on any atom is 0.0992 e. The van der Waals surface area contributed by atoms with E-state index in [1.807, 2.05) is 0 Å². The summed E-state index contributed by atoms with van der Waals surface area (Å²) in [6.45, 7) is 1.82. The summed E-state index contributed by atoms with van der Waals surface area (Å²) < 4.78 is 5.29. The normalized spacial score (nSPS) is 14.6. The van der Waals surface area contributed by atoms with Crippen LogP contribution in [0.4, 0.5) is 0 Å². The second kappa shape index (κ2) is 5.86. The number of aliphatic imine (C=N–C) groups is 1. The second-order valence-corrected chi connectivity index (χ2v) is 3.66. The van der Waals surface area contributed by atoms with Crippen molar-refractivity contribution >= 4 is 29.7 Å². The average molecular weight is 257 g/mol. The zero-order valence-corrected chi connectivity index (χ0v) is 10.0. The Kier molecular flexibility index (Phi) is 4.75. The van der Waals surface area contributed by atoms with Crippen LogP contribution in [0.5, 0.6) is 0 Å². The highest BCUT2D eigenvalue weighted by Crippen LogP contribution is 2.16. The fourth-order valence-corrected chi connectivity index (χ4v) is 1.69. The molecule has 0 radical (unpaired) electrons. The summed E-state index contributed by atoms with van der Waals surface area (Å²) in [6, 6.07) is 7.28. The van der Waals surface area contributed by atoms with E-state index >= 15 is 0 Å². The molecule has 0 fully saturated rings. The van der Waals surface area contributed by atoms with Gasteiger partial charge in [-0.15, -0.1) is 12.4 Å². The van der Waals surface area contributed by atoms with Gasteiger partial charge in [0, 0.05) is 10.6 Å². The smallest absolute Gasteiger partial charge is 0.0992 e. The molecule has 0 N–H and O–H groups in total. The first-order valence-corrected chi connectivity index (χ1v) is 4.99. The SMILES string of the molecule is Cl.N#Cc1cc(Cl)cc(C2=NCCOC2)c1. The van der Waals surface area contributed by atoms with Crippen LogP contribution in [0.15, 0.2) is 23.2 Å². The molecule has 1 aromatic rings. The van der Waals surface area contributed by atoms with Crippen molar-refractivity contribution in [3.05, 3.63) is 34.3 Å². The zero-order chi connectivity index (χ0) is 10.7. The first-order valence-electron chi connectivity index (χ1n) is 4.62. The third-order valence-corrected chi connectivity index (χ3v) is 2.36. The molecule has 0 saturated carbocycles. The van der Waals surface area contributed by atoms with E-state index in [0.717, 1.165) is 11.3 Å². The molecule has 1 heterocycles. The Labute approximate surface area is 105 Å². The number of nitrogens with zero attached hydrogens (tertiary/aromatic N) is 2. The van der Waals surface area contributed by atoms with Crippen molar-refractivity contribution in [1.82, 2.24) is 0 Å². The Morgan fingerprint density at radius 2 is 2.19 bits per heavy atom. The van der Waals surface area contributed by atoms with Gasteiger partial charge < -0.3 is 4.74 Å². The van der Waals surface area contributed by atoms with Crippen LogP contribution >= 0.6 is 24.0 Å². The van der Waals surface area contributed by atoms with Crippen molar-refractivity contribution in [3.63, 3.8) is 0 Å². The summed E-state index contributed by atoms with van der Waals surface area (Å²) in [5, 5.41) is 9.36. The van der Waals surface area contributed by atoms with Gasteiger partial charge in [-0.25, -0.2) is 0 Å². The van der Waals surface area contributed by atoms with Crippen LogP contribution in [0.1, 0.15) is 11.1 Å². The second-order valence-electron chi connectivity index (χ2n) is 3.22. The van der Waals surface area contributed by atoms with Crippen LogP contribution in [0.3, 0.4) is 0 Å². The highest BCUT2D eigenvalue weighted by Gasteiger charge is 2.09. The van der Waals surface area contributed by atoms with Crippen molar-refractivity contribution < 1.29 is 4.74 Å². The molecule has 1 aliphatic heterocycles. The molecule has 0 saturated heterocycles. The molecule has 16 heavy (non-hydrogen) atoms. The van der Waals surface area contributed by atoms with Crippen LogP contribution < -0.4 is 0 Å². The number of benzene rings is 1. The zero-order valence-electron chi connectivity index (χ0n) is 8.44. The van der Waals surface area contributed by atoms with Gasteiger partial charge in [0.05, 0.1) is 37.1 Å². The third-order valence-electron chi connectivity index (χ3n) is 2.14. The van der Waals surface area contributed by atoms with Gasteiger partial charge in [0.15, 0.2) is 0 Å². The predicted molar refractivity (Wildman–Crippen MR) is 65.6 cm³/mol. The summed E-state index contributed by atoms with van der Waals surface area (Å²) in [4.78, 5) is 4.34. The van der Waals surface area contributed by atoms with E-state index in [-0.39, 0.29) is 12.4 Å². The lowest BCUT2D eigenvalue weighted by Gasteiger charge is -2.13. The summed E-state index contributed by atoms with van der Waals surface area (Å²) in [6.07, 6.45) is 0. The van der Waals surface area contributed by atoms with Gasteiger partial charge >= 0.3 is 0 Å². The minimum atomic E-state index is 0. The minimum absolute atomic E-state index is 0. The van der Waals surface area contributed by atoms with Crippen LogP contribution in [-0.2, 0) is 4.74 Å². The van der Waals surface area contributed by atoms with Crippen LogP contribution in [-0.4, -0.2) is 25.5 Å².